The van der Waals surface area contributed by atoms with Crippen LogP contribution in [0.4, 0.5) is 13.2 Å². The van der Waals surface area contributed by atoms with Gasteiger partial charge in [-0.15, -0.1) is 0 Å². The van der Waals surface area contributed by atoms with E-state index in [1.807, 2.05) is 18.2 Å². The predicted octanol–water partition coefficient (Wildman–Crippen LogP) is 5.82. The monoisotopic (exact) mass is 600 g/mol. The first kappa shape index (κ1) is 26.3. The lowest BCUT2D eigenvalue weighted by atomic mass is 10.1. The molecule has 0 spiro atoms. The van der Waals surface area contributed by atoms with E-state index < -0.39 is 29.4 Å². The van der Waals surface area contributed by atoms with Gasteiger partial charge in [-0.05, 0) is 36.4 Å². The molecular formula is C27H20BrF3N4O4. The van der Waals surface area contributed by atoms with Gasteiger partial charge in [0.15, 0.2) is 11.6 Å². The highest BCUT2D eigenvalue weighted by Gasteiger charge is 2.22. The number of benzene rings is 3. The van der Waals surface area contributed by atoms with Gasteiger partial charge in [-0.2, -0.15) is 23.7 Å². The zero-order valence-electron chi connectivity index (χ0n) is 20.6. The van der Waals surface area contributed by atoms with Crippen LogP contribution in [0.25, 0.3) is 28.0 Å². The fourth-order valence-electron chi connectivity index (χ4n) is 4.15. The van der Waals surface area contributed by atoms with Gasteiger partial charge in [0.2, 0.25) is 0 Å². The van der Waals surface area contributed by atoms with Crippen LogP contribution in [-0.2, 0) is 6.54 Å². The van der Waals surface area contributed by atoms with Gasteiger partial charge in [-0.1, -0.05) is 34.1 Å². The Morgan fingerprint density at radius 3 is 2.41 bits per heavy atom. The summed E-state index contributed by atoms with van der Waals surface area (Å²) in [6, 6.07) is 17.1. The third-order valence-electron chi connectivity index (χ3n) is 5.94. The molecule has 3 aromatic carbocycles. The lowest BCUT2D eigenvalue weighted by molar-refractivity contribution is -0.0500. The summed E-state index contributed by atoms with van der Waals surface area (Å²) in [5.74, 6) is -0.334. The van der Waals surface area contributed by atoms with Gasteiger partial charge in [0.1, 0.15) is 28.4 Å². The van der Waals surface area contributed by atoms with Gasteiger partial charge in [0.25, 0.3) is 5.56 Å². The highest BCUT2D eigenvalue weighted by Crippen LogP contribution is 2.32. The Kier molecular flexibility index (Phi) is 7.29. The van der Waals surface area contributed by atoms with Crippen molar-refractivity contribution >= 4 is 27.0 Å². The molecule has 0 fully saturated rings. The fourth-order valence-corrected chi connectivity index (χ4v) is 4.42. The molecule has 0 N–H and O–H groups in total. The van der Waals surface area contributed by atoms with Crippen LogP contribution < -0.4 is 19.8 Å². The van der Waals surface area contributed by atoms with Crippen LogP contribution in [0.3, 0.4) is 0 Å². The molecule has 0 unspecified atom stereocenters. The van der Waals surface area contributed by atoms with E-state index in [0.717, 1.165) is 22.2 Å². The topological polar surface area (TPSA) is 80.4 Å². The van der Waals surface area contributed by atoms with Crippen LogP contribution in [-0.4, -0.2) is 40.4 Å². The van der Waals surface area contributed by atoms with E-state index in [1.165, 1.54) is 19.2 Å². The third-order valence-corrected chi connectivity index (χ3v) is 6.47. The molecule has 8 nitrogen and oxygen atoms in total. The number of alkyl halides is 2. The van der Waals surface area contributed by atoms with Gasteiger partial charge >= 0.3 is 6.61 Å². The van der Waals surface area contributed by atoms with E-state index in [4.69, 9.17) is 14.6 Å². The number of fused-ring (bicyclic) bond motifs is 1. The number of aromatic nitrogens is 4. The lowest BCUT2D eigenvalue weighted by Crippen LogP contribution is -2.23. The highest BCUT2D eigenvalue weighted by molar-refractivity contribution is 9.10. The van der Waals surface area contributed by atoms with E-state index in [1.54, 1.807) is 36.1 Å². The zero-order chi connectivity index (χ0) is 27.7. The van der Waals surface area contributed by atoms with E-state index in [2.05, 4.69) is 25.8 Å². The SMILES string of the molecule is COc1ccc(Cn2nc(-c3ccc(Br)cc3)c3nn(-c4c(F)cccc4OC(F)F)c(=O)cc32)c(OC)c1. The number of methoxy groups -OCH3 is 2. The number of hydrogen-bond donors (Lipinski definition) is 0. The van der Waals surface area contributed by atoms with Crippen LogP contribution in [0, 0.1) is 5.82 Å². The molecule has 0 aliphatic rings. The van der Waals surface area contributed by atoms with Crippen molar-refractivity contribution in [2.75, 3.05) is 14.2 Å². The van der Waals surface area contributed by atoms with Crippen molar-refractivity contribution in [1.82, 2.24) is 19.6 Å². The van der Waals surface area contributed by atoms with Crippen LogP contribution in [0.2, 0.25) is 0 Å². The number of rotatable bonds is 8. The average molecular weight is 601 g/mol. The van der Waals surface area contributed by atoms with E-state index in [-0.39, 0.29) is 12.1 Å². The van der Waals surface area contributed by atoms with E-state index in [0.29, 0.717) is 33.0 Å². The molecule has 0 atom stereocenters. The molecule has 2 heterocycles. The Bertz CT molecular complexity index is 1720. The molecule has 5 rings (SSSR count). The summed E-state index contributed by atoms with van der Waals surface area (Å²) in [5.41, 5.74) is 1.10. The minimum Gasteiger partial charge on any atom is -0.497 e. The van der Waals surface area contributed by atoms with Crippen LogP contribution in [0.15, 0.2) is 76.0 Å². The molecule has 0 bridgehead atoms. The molecule has 0 aliphatic heterocycles. The second kappa shape index (κ2) is 10.8. The molecule has 200 valence electrons. The van der Waals surface area contributed by atoms with Crippen molar-refractivity contribution in [3.63, 3.8) is 0 Å². The second-order valence-corrected chi connectivity index (χ2v) is 9.20. The Labute approximate surface area is 228 Å². The van der Waals surface area contributed by atoms with E-state index >= 15 is 0 Å². The third kappa shape index (κ3) is 5.19. The van der Waals surface area contributed by atoms with Crippen LogP contribution in [0.5, 0.6) is 17.2 Å². The first-order chi connectivity index (χ1) is 18.8. The second-order valence-electron chi connectivity index (χ2n) is 8.28. The molecule has 12 heteroatoms. The molecule has 0 radical (unpaired) electrons. The van der Waals surface area contributed by atoms with Crippen LogP contribution >= 0.6 is 15.9 Å². The van der Waals surface area contributed by atoms with Crippen molar-refractivity contribution < 1.29 is 27.4 Å². The van der Waals surface area contributed by atoms with Gasteiger partial charge in [-0.3, -0.25) is 9.48 Å². The maximum absolute atomic E-state index is 14.9. The molecule has 0 aliphatic carbocycles. The largest absolute Gasteiger partial charge is 0.497 e. The molecule has 0 saturated carbocycles. The fraction of sp³-hybridized carbons (Fsp3) is 0.148. The highest BCUT2D eigenvalue weighted by atomic mass is 79.9. The molecule has 39 heavy (non-hydrogen) atoms. The predicted molar refractivity (Wildman–Crippen MR) is 141 cm³/mol. The molecule has 5 aromatic rings. The van der Waals surface area contributed by atoms with Crippen molar-refractivity contribution in [3.05, 3.63) is 92.9 Å². The Morgan fingerprint density at radius 2 is 1.72 bits per heavy atom. The number of hydrogen-bond acceptors (Lipinski definition) is 6. The lowest BCUT2D eigenvalue weighted by Gasteiger charge is -2.13. The van der Waals surface area contributed by atoms with Crippen molar-refractivity contribution in [3.8, 4) is 34.2 Å². The Hall–Kier alpha value is -4.32. The number of nitrogens with zero attached hydrogens (tertiary/aromatic N) is 4. The maximum Gasteiger partial charge on any atom is 0.387 e. The molecule has 0 amide bonds. The standard InChI is InChI=1S/C27H20BrF3N4O4/c1-37-18-11-8-16(22(12-18)38-2)14-34-20-13-23(36)35(26-19(29)4-3-5-21(26)39-27(30)31)33-25(20)24(32-34)15-6-9-17(28)10-7-15/h3-13,27H,14H2,1-2H3. The van der Waals surface area contributed by atoms with Gasteiger partial charge in [-0.25, -0.2) is 4.39 Å². The minimum absolute atomic E-state index is 0.199. The quantitative estimate of drug-likeness (QED) is 0.223. The summed E-state index contributed by atoms with van der Waals surface area (Å²) < 4.78 is 59.4. The van der Waals surface area contributed by atoms with Gasteiger partial charge < -0.3 is 14.2 Å². The Morgan fingerprint density at radius 1 is 0.949 bits per heavy atom. The van der Waals surface area contributed by atoms with E-state index in [9.17, 15) is 18.0 Å². The van der Waals surface area contributed by atoms with Crippen molar-refractivity contribution in [1.29, 1.82) is 0 Å². The first-order valence-electron chi connectivity index (χ1n) is 11.5. The first-order valence-corrected chi connectivity index (χ1v) is 12.3. The number of halogens is 4. The normalized spacial score (nSPS) is 11.3. The van der Waals surface area contributed by atoms with Gasteiger partial charge in [0, 0.05) is 27.7 Å². The molecule has 0 saturated heterocycles. The summed E-state index contributed by atoms with van der Waals surface area (Å²) in [6.45, 7) is -3.03. The average Bonchev–Trinajstić information content (AvgIpc) is 3.25. The van der Waals surface area contributed by atoms with Crippen molar-refractivity contribution in [2.45, 2.75) is 13.2 Å². The molecule has 2 aromatic heterocycles. The summed E-state index contributed by atoms with van der Waals surface area (Å²) >= 11 is 3.40. The summed E-state index contributed by atoms with van der Waals surface area (Å²) in [4.78, 5) is 13.2. The molecular weight excluding hydrogens is 581 g/mol. The summed E-state index contributed by atoms with van der Waals surface area (Å²) in [7, 11) is 3.07. The Balaban J connectivity index is 1.73. The zero-order valence-corrected chi connectivity index (χ0v) is 22.2. The maximum atomic E-state index is 14.9. The smallest absolute Gasteiger partial charge is 0.387 e. The summed E-state index contributed by atoms with van der Waals surface area (Å²) in [5, 5.41) is 9.12. The number of ether oxygens (including phenoxy) is 3. The van der Waals surface area contributed by atoms with Crippen molar-refractivity contribution in [2.24, 2.45) is 0 Å². The number of para-hydroxylation sites is 1. The van der Waals surface area contributed by atoms with Crippen LogP contribution in [0.1, 0.15) is 5.56 Å². The summed E-state index contributed by atoms with van der Waals surface area (Å²) in [6.07, 6.45) is 0. The minimum atomic E-state index is -3.23. The van der Waals surface area contributed by atoms with Gasteiger partial charge in [0.05, 0.1) is 26.3 Å².